The number of anilines is 1. The van der Waals surface area contributed by atoms with Gasteiger partial charge in [-0.2, -0.15) is 5.10 Å². The molecule has 36 heavy (non-hydrogen) atoms. The topological polar surface area (TPSA) is 59.8 Å². The van der Waals surface area contributed by atoms with Crippen molar-refractivity contribution >= 4 is 11.6 Å². The van der Waals surface area contributed by atoms with Gasteiger partial charge in [0.15, 0.2) is 0 Å². The van der Waals surface area contributed by atoms with Crippen molar-refractivity contribution in [1.29, 1.82) is 0 Å². The number of ether oxygens (including phenoxy) is 2. The van der Waals surface area contributed by atoms with E-state index in [9.17, 15) is 4.79 Å². The Morgan fingerprint density at radius 3 is 2.28 bits per heavy atom. The molecule has 0 aliphatic carbocycles. The van der Waals surface area contributed by atoms with Gasteiger partial charge >= 0.3 is 0 Å². The number of piperazine rings is 1. The van der Waals surface area contributed by atoms with Crippen molar-refractivity contribution in [2.24, 2.45) is 0 Å². The van der Waals surface area contributed by atoms with Crippen molar-refractivity contribution in [1.82, 2.24) is 14.7 Å². The summed E-state index contributed by atoms with van der Waals surface area (Å²) in [6, 6.07) is 27.5. The molecule has 3 aromatic carbocycles. The van der Waals surface area contributed by atoms with E-state index in [4.69, 9.17) is 14.6 Å². The molecule has 1 saturated heterocycles. The molecule has 1 aliphatic rings. The van der Waals surface area contributed by atoms with Crippen LogP contribution in [-0.4, -0.2) is 60.5 Å². The van der Waals surface area contributed by atoms with Crippen molar-refractivity contribution in [2.75, 3.05) is 44.8 Å². The van der Waals surface area contributed by atoms with E-state index in [1.165, 1.54) is 0 Å². The van der Waals surface area contributed by atoms with Crippen molar-refractivity contribution in [2.45, 2.75) is 6.92 Å². The molecule has 7 heteroatoms. The highest BCUT2D eigenvalue weighted by atomic mass is 16.5. The minimum absolute atomic E-state index is 0.0294. The van der Waals surface area contributed by atoms with Gasteiger partial charge in [0.1, 0.15) is 17.2 Å². The predicted octanol–water partition coefficient (Wildman–Crippen LogP) is 4.91. The van der Waals surface area contributed by atoms with Gasteiger partial charge in [0, 0.05) is 31.7 Å². The number of amides is 1. The molecule has 184 valence electrons. The molecule has 0 unspecified atom stereocenters. The van der Waals surface area contributed by atoms with Gasteiger partial charge in [0.2, 0.25) is 0 Å². The van der Waals surface area contributed by atoms with Crippen LogP contribution in [0.15, 0.2) is 84.9 Å². The SMILES string of the molecule is CCOc1ccccc1N1CCN(C(=O)c2cc(-c3ccccc3)nn2-c2ccc(OC)cc2)CC1. The van der Waals surface area contributed by atoms with E-state index >= 15 is 0 Å². The Labute approximate surface area is 211 Å². The first-order valence-corrected chi connectivity index (χ1v) is 12.2. The highest BCUT2D eigenvalue weighted by molar-refractivity contribution is 5.94. The number of benzene rings is 3. The lowest BCUT2D eigenvalue weighted by atomic mass is 10.1. The number of nitrogens with zero attached hydrogens (tertiary/aromatic N) is 4. The Kier molecular flexibility index (Phi) is 6.89. The molecule has 4 aromatic rings. The lowest BCUT2D eigenvalue weighted by molar-refractivity contribution is 0.0737. The second kappa shape index (κ2) is 10.6. The molecule has 7 nitrogen and oxygen atoms in total. The standard InChI is InChI=1S/C29H30N4O3/c1-3-36-28-12-8-7-11-26(28)31-17-19-32(20-18-31)29(34)27-21-25(22-9-5-4-6-10-22)30-33(27)23-13-15-24(35-2)16-14-23/h4-16,21H,3,17-20H2,1-2H3. The van der Waals surface area contributed by atoms with E-state index in [1.54, 1.807) is 11.8 Å². The Morgan fingerprint density at radius 2 is 1.58 bits per heavy atom. The molecule has 1 aliphatic heterocycles. The van der Waals surface area contributed by atoms with Crippen LogP contribution in [0.1, 0.15) is 17.4 Å². The van der Waals surface area contributed by atoms with Crippen LogP contribution in [0, 0.1) is 0 Å². The Balaban J connectivity index is 1.40. The number of para-hydroxylation sites is 2. The summed E-state index contributed by atoms with van der Waals surface area (Å²) in [5, 5.41) is 4.82. The summed E-state index contributed by atoms with van der Waals surface area (Å²) in [7, 11) is 1.64. The average molecular weight is 483 g/mol. The van der Waals surface area contributed by atoms with Gasteiger partial charge in [-0.3, -0.25) is 4.79 Å². The minimum atomic E-state index is -0.0294. The zero-order valence-corrected chi connectivity index (χ0v) is 20.6. The number of carbonyl (C=O) groups excluding carboxylic acids is 1. The molecular formula is C29H30N4O3. The first kappa shape index (κ1) is 23.5. The number of rotatable bonds is 7. The molecule has 1 amide bonds. The van der Waals surface area contributed by atoms with E-state index in [2.05, 4.69) is 11.0 Å². The molecule has 0 N–H and O–H groups in total. The summed E-state index contributed by atoms with van der Waals surface area (Å²) in [6.45, 7) is 5.31. The fourth-order valence-corrected chi connectivity index (χ4v) is 4.51. The maximum Gasteiger partial charge on any atom is 0.272 e. The van der Waals surface area contributed by atoms with Crippen LogP contribution >= 0.6 is 0 Å². The molecule has 0 atom stereocenters. The largest absolute Gasteiger partial charge is 0.497 e. The molecule has 0 bridgehead atoms. The third kappa shape index (κ3) is 4.77. The number of hydrogen-bond donors (Lipinski definition) is 0. The van der Waals surface area contributed by atoms with Crippen molar-refractivity contribution < 1.29 is 14.3 Å². The Bertz CT molecular complexity index is 1310. The van der Waals surface area contributed by atoms with Gasteiger partial charge < -0.3 is 19.3 Å². The number of aromatic nitrogens is 2. The zero-order chi connectivity index (χ0) is 24.9. The van der Waals surface area contributed by atoms with Crippen LogP contribution in [0.5, 0.6) is 11.5 Å². The molecule has 0 radical (unpaired) electrons. The third-order valence-electron chi connectivity index (χ3n) is 6.39. The fourth-order valence-electron chi connectivity index (χ4n) is 4.51. The summed E-state index contributed by atoms with van der Waals surface area (Å²) < 4.78 is 12.9. The highest BCUT2D eigenvalue weighted by Crippen LogP contribution is 2.29. The van der Waals surface area contributed by atoms with Crippen LogP contribution in [-0.2, 0) is 0 Å². The van der Waals surface area contributed by atoms with Crippen LogP contribution in [0.25, 0.3) is 16.9 Å². The number of methoxy groups -OCH3 is 1. The van der Waals surface area contributed by atoms with Gasteiger partial charge in [-0.15, -0.1) is 0 Å². The van der Waals surface area contributed by atoms with Crippen LogP contribution in [0.4, 0.5) is 5.69 Å². The number of hydrogen-bond acceptors (Lipinski definition) is 5. The van der Waals surface area contributed by atoms with Crippen LogP contribution < -0.4 is 14.4 Å². The van der Waals surface area contributed by atoms with Crippen molar-refractivity contribution in [3.63, 3.8) is 0 Å². The summed E-state index contributed by atoms with van der Waals surface area (Å²) in [6.07, 6.45) is 0. The highest BCUT2D eigenvalue weighted by Gasteiger charge is 2.27. The van der Waals surface area contributed by atoms with Gasteiger partial charge in [-0.05, 0) is 49.4 Å². The van der Waals surface area contributed by atoms with E-state index < -0.39 is 0 Å². The van der Waals surface area contributed by atoms with Gasteiger partial charge in [-0.25, -0.2) is 4.68 Å². The first-order valence-electron chi connectivity index (χ1n) is 12.2. The Hall–Kier alpha value is -4.26. The molecule has 0 saturated carbocycles. The summed E-state index contributed by atoms with van der Waals surface area (Å²) in [5.74, 6) is 1.61. The summed E-state index contributed by atoms with van der Waals surface area (Å²) in [4.78, 5) is 18.0. The normalized spacial score (nSPS) is 13.5. The van der Waals surface area contributed by atoms with E-state index in [1.807, 2.05) is 90.7 Å². The lowest BCUT2D eigenvalue weighted by Crippen LogP contribution is -2.49. The summed E-state index contributed by atoms with van der Waals surface area (Å²) in [5.41, 5.74) is 4.16. The molecule has 0 spiro atoms. The zero-order valence-electron chi connectivity index (χ0n) is 20.6. The van der Waals surface area contributed by atoms with E-state index in [-0.39, 0.29) is 5.91 Å². The molecule has 5 rings (SSSR count). The van der Waals surface area contributed by atoms with Gasteiger partial charge in [0.05, 0.1) is 30.8 Å². The predicted molar refractivity (Wildman–Crippen MR) is 141 cm³/mol. The van der Waals surface area contributed by atoms with Crippen LogP contribution in [0.3, 0.4) is 0 Å². The molecule has 1 fully saturated rings. The van der Waals surface area contributed by atoms with Crippen molar-refractivity contribution in [3.8, 4) is 28.4 Å². The maximum absolute atomic E-state index is 13.8. The monoisotopic (exact) mass is 482 g/mol. The molecule has 1 aromatic heterocycles. The maximum atomic E-state index is 13.8. The average Bonchev–Trinajstić information content (AvgIpc) is 3.39. The summed E-state index contributed by atoms with van der Waals surface area (Å²) >= 11 is 0. The van der Waals surface area contributed by atoms with Crippen molar-refractivity contribution in [3.05, 3.63) is 90.6 Å². The number of carbonyl (C=O) groups is 1. The first-order chi connectivity index (χ1) is 17.7. The van der Waals surface area contributed by atoms with Crippen LogP contribution in [0.2, 0.25) is 0 Å². The molecule has 2 heterocycles. The smallest absolute Gasteiger partial charge is 0.272 e. The van der Waals surface area contributed by atoms with E-state index in [0.29, 0.717) is 25.4 Å². The second-order valence-corrected chi connectivity index (χ2v) is 8.57. The Morgan fingerprint density at radius 1 is 0.889 bits per heavy atom. The lowest BCUT2D eigenvalue weighted by Gasteiger charge is -2.36. The fraction of sp³-hybridized carbons (Fsp3) is 0.241. The minimum Gasteiger partial charge on any atom is -0.497 e. The van der Waals surface area contributed by atoms with E-state index in [0.717, 1.165) is 47.2 Å². The molecular weight excluding hydrogens is 452 g/mol. The van der Waals surface area contributed by atoms with Gasteiger partial charge in [-0.1, -0.05) is 42.5 Å². The quantitative estimate of drug-likeness (QED) is 0.375. The second-order valence-electron chi connectivity index (χ2n) is 8.57. The van der Waals surface area contributed by atoms with Gasteiger partial charge in [0.25, 0.3) is 5.91 Å². The third-order valence-corrected chi connectivity index (χ3v) is 6.39.